The molecule has 18 heteroatoms. The molecule has 352 valence electrons. The number of nitrogens with zero attached hydrogens (tertiary/aromatic N) is 1. The minimum atomic E-state index is -1.18. The monoisotopic (exact) mass is 917 g/mol. The van der Waals surface area contributed by atoms with E-state index in [9.17, 15) is 65.0 Å². The van der Waals surface area contributed by atoms with E-state index in [0.29, 0.717) is 6.61 Å². The number of carboxylic acid groups (broad SMARTS) is 1. The summed E-state index contributed by atoms with van der Waals surface area (Å²) in [4.78, 5) is 28.5. The quantitative estimate of drug-likeness (QED) is 0.0390. The Morgan fingerprint density at radius 1 is 0.818 bits per heavy atom. The molecule has 4 aromatic carbocycles. The number of phenols is 8. The van der Waals surface area contributed by atoms with Crippen molar-refractivity contribution >= 4 is 18.0 Å². The molecule has 0 spiro atoms. The highest BCUT2D eigenvalue weighted by atomic mass is 19.1. The molecule has 1 aromatic heterocycles. The van der Waals surface area contributed by atoms with Crippen LogP contribution in [-0.2, 0) is 27.3 Å². The van der Waals surface area contributed by atoms with Crippen molar-refractivity contribution in [2.24, 2.45) is 0 Å². The third-order valence-electron chi connectivity index (χ3n) is 10.5. The minimum Gasteiger partial charge on any atom is -0.508 e. The summed E-state index contributed by atoms with van der Waals surface area (Å²) in [5, 5.41) is 107. The van der Waals surface area contributed by atoms with Crippen molar-refractivity contribution < 1.29 is 84.4 Å². The van der Waals surface area contributed by atoms with E-state index < -0.39 is 77.3 Å². The molecule has 0 amide bonds. The number of aliphatic carboxylic acids is 1. The average Bonchev–Trinajstić information content (AvgIpc) is 3.23. The molecule has 0 radical (unpaired) electrons. The smallest absolute Gasteiger partial charge is 0.338 e. The fourth-order valence-corrected chi connectivity index (χ4v) is 7.40. The number of ether oxygens (including phenoxy) is 3. The lowest BCUT2D eigenvalue weighted by Crippen LogP contribution is -2.34. The molecule has 11 N–H and O–H groups in total. The molecule has 5 aromatic rings. The summed E-state index contributed by atoms with van der Waals surface area (Å²) in [6, 6.07) is 12.4. The van der Waals surface area contributed by atoms with Gasteiger partial charge in [-0.3, -0.25) is 9.78 Å². The number of aliphatic hydroxyl groups is 2. The van der Waals surface area contributed by atoms with E-state index >= 15 is 0 Å². The number of benzene rings is 4. The fourth-order valence-electron chi connectivity index (χ4n) is 7.40. The molecule has 6 rings (SSSR count). The molecule has 0 unspecified atom stereocenters. The number of pyridine rings is 1. The van der Waals surface area contributed by atoms with Crippen molar-refractivity contribution in [1.29, 1.82) is 0 Å². The first-order chi connectivity index (χ1) is 31.1. The Bertz CT molecular complexity index is 2550. The maximum atomic E-state index is 13.7. The Kier molecular flexibility index (Phi) is 15.9. The summed E-state index contributed by atoms with van der Waals surface area (Å²) >= 11 is 0. The van der Waals surface area contributed by atoms with Crippen LogP contribution in [0.5, 0.6) is 51.7 Å². The highest BCUT2D eigenvalue weighted by Gasteiger charge is 2.37. The number of aromatic hydroxyl groups is 8. The molecule has 1 aliphatic rings. The van der Waals surface area contributed by atoms with Gasteiger partial charge in [-0.15, -0.1) is 0 Å². The van der Waals surface area contributed by atoms with Gasteiger partial charge in [0.2, 0.25) is 0 Å². The van der Waals surface area contributed by atoms with Gasteiger partial charge in [0.1, 0.15) is 29.2 Å². The molecule has 0 saturated carbocycles. The van der Waals surface area contributed by atoms with Gasteiger partial charge in [0, 0.05) is 60.0 Å². The van der Waals surface area contributed by atoms with Gasteiger partial charge < -0.3 is 70.4 Å². The highest BCUT2D eigenvalue weighted by molar-refractivity contribution is 5.91. The van der Waals surface area contributed by atoms with E-state index in [1.54, 1.807) is 25.3 Å². The van der Waals surface area contributed by atoms with Crippen LogP contribution in [0.4, 0.5) is 4.39 Å². The van der Waals surface area contributed by atoms with Crippen LogP contribution in [0.2, 0.25) is 0 Å². The normalized spacial score (nSPS) is 15.4. The van der Waals surface area contributed by atoms with E-state index in [4.69, 9.17) is 24.3 Å². The molecule has 0 bridgehead atoms. The Balaban J connectivity index is 0.000000247. The van der Waals surface area contributed by atoms with Crippen LogP contribution in [0, 0.1) is 5.82 Å². The van der Waals surface area contributed by atoms with Gasteiger partial charge in [0.15, 0.2) is 40.6 Å². The molecule has 0 aliphatic carbocycles. The van der Waals surface area contributed by atoms with E-state index in [1.807, 2.05) is 13.8 Å². The lowest BCUT2D eigenvalue weighted by Gasteiger charge is -2.34. The van der Waals surface area contributed by atoms with E-state index in [-0.39, 0.29) is 64.4 Å². The summed E-state index contributed by atoms with van der Waals surface area (Å²) in [6.45, 7) is 8.49. The summed E-state index contributed by atoms with van der Waals surface area (Å²) in [5.74, 6) is -7.34. The van der Waals surface area contributed by atoms with Gasteiger partial charge in [-0.05, 0) is 59.4 Å². The molecule has 4 atom stereocenters. The Morgan fingerprint density at radius 2 is 1.39 bits per heavy atom. The second-order valence-corrected chi connectivity index (χ2v) is 16.2. The lowest BCUT2D eigenvalue weighted by atomic mass is 9.87. The van der Waals surface area contributed by atoms with E-state index in [1.165, 1.54) is 24.3 Å². The number of methoxy groups -OCH3 is 1. The van der Waals surface area contributed by atoms with Crippen molar-refractivity contribution in [2.45, 2.75) is 89.8 Å². The number of carbonyl (C=O) groups excluding carboxylic acids is 1. The second-order valence-electron chi connectivity index (χ2n) is 16.2. The third-order valence-corrected chi connectivity index (χ3v) is 10.5. The van der Waals surface area contributed by atoms with Crippen LogP contribution >= 0.6 is 0 Å². The second kappa shape index (κ2) is 21.1. The summed E-state index contributed by atoms with van der Waals surface area (Å²) in [7, 11) is 1.61. The van der Waals surface area contributed by atoms with Gasteiger partial charge in [-0.1, -0.05) is 52.0 Å². The number of hydrogen-bond acceptors (Lipinski definition) is 16. The number of aliphatic hydroxyl groups excluding tert-OH is 2. The van der Waals surface area contributed by atoms with E-state index in [2.05, 4.69) is 13.8 Å². The van der Waals surface area contributed by atoms with Crippen molar-refractivity contribution in [3.05, 3.63) is 112 Å². The van der Waals surface area contributed by atoms with Crippen LogP contribution in [0.25, 0.3) is 17.2 Å². The van der Waals surface area contributed by atoms with E-state index in [0.717, 1.165) is 64.0 Å². The van der Waals surface area contributed by atoms with Gasteiger partial charge in [-0.25, -0.2) is 9.18 Å². The number of hydrogen-bond donors (Lipinski definition) is 11. The summed E-state index contributed by atoms with van der Waals surface area (Å²) in [5.41, 5.74) is 5.03. The molecule has 2 heterocycles. The number of rotatable bonds is 14. The highest BCUT2D eigenvalue weighted by Crippen LogP contribution is 2.46. The van der Waals surface area contributed by atoms with Gasteiger partial charge in [-0.2, -0.15) is 0 Å². The largest absolute Gasteiger partial charge is 0.508 e. The molecular formula is C48H52FNO16. The first-order valence-corrected chi connectivity index (χ1v) is 20.6. The van der Waals surface area contributed by atoms with Crippen LogP contribution in [0.1, 0.15) is 102 Å². The number of carboxylic acids is 1. The molecule has 1 aliphatic heterocycles. The lowest BCUT2D eigenvalue weighted by molar-refractivity contribution is -0.139. The zero-order valence-electron chi connectivity index (χ0n) is 36.5. The maximum Gasteiger partial charge on any atom is 0.338 e. The predicted molar refractivity (Wildman–Crippen MR) is 235 cm³/mol. The summed E-state index contributed by atoms with van der Waals surface area (Å²) in [6.07, 6.45) is -1.95. The van der Waals surface area contributed by atoms with Gasteiger partial charge in [0.05, 0.1) is 36.5 Å². The molecule has 66 heavy (non-hydrogen) atoms. The van der Waals surface area contributed by atoms with Crippen LogP contribution in [0.3, 0.4) is 0 Å². The number of halogens is 1. The number of fused-ring (bicyclic) bond motifs is 1. The third kappa shape index (κ3) is 11.7. The molecule has 0 fully saturated rings. The first kappa shape index (κ1) is 49.7. The fraction of sp³-hybridized carbons (Fsp3) is 0.312. The first-order valence-electron chi connectivity index (χ1n) is 20.6. The maximum absolute atomic E-state index is 13.7. The SMILES string of the molecule is COCc1c(C(C)C)nc(C(C)C)c(/C=C/[C@@H](O)C[C@@H](O)CC(=O)O)c1-c1ccc(F)cc1.O=C(O[C@@H]1Cc2c(O)cc(O)cc2O[C@@H]1c1cc(O)c(O)c(O)c1)c1cc(O)c(O)c(O)c1. The predicted octanol–water partition coefficient (Wildman–Crippen LogP) is 7.11. The minimum absolute atomic E-state index is 0.0526. The van der Waals surface area contributed by atoms with Gasteiger partial charge in [0.25, 0.3) is 0 Å². The number of phenolic OH excluding ortho intramolecular Hbond substituents is 8. The Labute approximate surface area is 378 Å². The van der Waals surface area contributed by atoms with Gasteiger partial charge >= 0.3 is 11.9 Å². The number of aromatic nitrogens is 1. The van der Waals surface area contributed by atoms with Crippen LogP contribution in [0.15, 0.2) is 66.7 Å². The standard InChI is InChI=1S/C26H34FNO5.C22H18O11/c1-15(2)25-21(11-10-19(29)12-20(30)13-23(31)32)24(17-6-8-18(27)9-7-17)22(14-33-5)26(28-25)16(3)4;23-10-5-12(24)11-7-18(33-22(31)9-3-15(27)20(30)16(28)4-9)21(32-17(11)6-10)8-1-13(25)19(29)14(26)2-8/h6-11,15-16,19-20,29-30H,12-14H2,1-5H3,(H,31,32);1-6,18,21,23-30H,7H2/b11-10+;/t19-,20-;18-,21-/m11/s1. The molecular weight excluding hydrogens is 866 g/mol. The Hall–Kier alpha value is -7.28. The number of carbonyl (C=O) groups is 2. The zero-order chi connectivity index (χ0) is 48.7. The van der Waals surface area contributed by atoms with Crippen molar-refractivity contribution in [1.82, 2.24) is 4.98 Å². The number of esters is 1. The van der Waals surface area contributed by atoms with Crippen molar-refractivity contribution in [3.63, 3.8) is 0 Å². The summed E-state index contributed by atoms with van der Waals surface area (Å²) < 4.78 is 30.5. The van der Waals surface area contributed by atoms with Crippen molar-refractivity contribution in [3.8, 4) is 62.9 Å². The van der Waals surface area contributed by atoms with Crippen molar-refractivity contribution in [2.75, 3.05) is 7.11 Å². The Morgan fingerprint density at radius 3 is 1.94 bits per heavy atom. The topological polar surface area (TPSA) is 297 Å². The van der Waals surface area contributed by atoms with Crippen LogP contribution < -0.4 is 4.74 Å². The molecule has 17 nitrogen and oxygen atoms in total. The zero-order valence-corrected chi connectivity index (χ0v) is 36.5. The molecule has 0 saturated heterocycles. The van der Waals surface area contributed by atoms with Crippen LogP contribution in [-0.4, -0.2) is 98.5 Å². The average molecular weight is 918 g/mol.